The lowest BCUT2D eigenvalue weighted by atomic mass is 9.99. The smallest absolute Gasteiger partial charge is 0.226 e. The van der Waals surface area contributed by atoms with E-state index in [4.69, 9.17) is 41.4 Å². The SMILES string of the molecule is [C-]#[N+]c1c(Cl)c(Cl)c(Cc2ccc(N(C)C)cc2)c(C#N)c1Cl. The van der Waals surface area contributed by atoms with Crippen molar-refractivity contribution in [3.8, 4) is 6.07 Å². The number of hydrogen-bond donors (Lipinski definition) is 0. The molecule has 0 N–H and O–H groups in total. The van der Waals surface area contributed by atoms with Crippen LogP contribution >= 0.6 is 34.8 Å². The van der Waals surface area contributed by atoms with Crippen molar-refractivity contribution in [2.45, 2.75) is 6.42 Å². The first-order valence-corrected chi connectivity index (χ1v) is 7.77. The van der Waals surface area contributed by atoms with E-state index in [1.165, 1.54) is 0 Å². The number of rotatable bonds is 3. The molecule has 116 valence electrons. The molecule has 2 aromatic rings. The number of nitrogens with zero attached hydrogens (tertiary/aromatic N) is 3. The van der Waals surface area contributed by atoms with Gasteiger partial charge < -0.3 is 4.90 Å². The van der Waals surface area contributed by atoms with Gasteiger partial charge in [-0.15, -0.1) is 0 Å². The maximum Gasteiger partial charge on any atom is 0.226 e. The van der Waals surface area contributed by atoms with Gasteiger partial charge in [0.05, 0.1) is 33.3 Å². The molecule has 0 fully saturated rings. The van der Waals surface area contributed by atoms with Gasteiger partial charge in [-0.2, -0.15) is 5.26 Å². The molecule has 23 heavy (non-hydrogen) atoms. The van der Waals surface area contributed by atoms with Gasteiger partial charge in [-0.25, -0.2) is 4.85 Å². The number of nitriles is 1. The van der Waals surface area contributed by atoms with Gasteiger partial charge in [0.1, 0.15) is 0 Å². The Kier molecular flexibility index (Phi) is 5.39. The largest absolute Gasteiger partial charge is 0.378 e. The lowest BCUT2D eigenvalue weighted by molar-refractivity contribution is 1.12. The van der Waals surface area contributed by atoms with Crippen molar-refractivity contribution < 1.29 is 0 Å². The zero-order valence-corrected chi connectivity index (χ0v) is 14.8. The molecule has 6 heteroatoms. The Hall–Kier alpha value is -1.91. The highest BCUT2D eigenvalue weighted by Gasteiger charge is 2.21. The van der Waals surface area contributed by atoms with Gasteiger partial charge >= 0.3 is 0 Å². The second kappa shape index (κ2) is 7.11. The van der Waals surface area contributed by atoms with Crippen LogP contribution in [0.15, 0.2) is 24.3 Å². The standard InChI is InChI=1S/C17H12Cl3N3/c1-22-17-15(19)13(9-21)12(14(18)16(17)20)8-10-4-6-11(7-5-10)23(2)3/h4-7H,8H2,2-3H3. The van der Waals surface area contributed by atoms with Gasteiger partial charge in [-0.1, -0.05) is 46.9 Å². The van der Waals surface area contributed by atoms with E-state index < -0.39 is 0 Å². The number of hydrogen-bond acceptors (Lipinski definition) is 2. The summed E-state index contributed by atoms with van der Waals surface area (Å²) in [5.41, 5.74) is 2.79. The zero-order valence-electron chi connectivity index (χ0n) is 12.5. The molecule has 2 rings (SSSR count). The molecule has 3 nitrogen and oxygen atoms in total. The van der Waals surface area contributed by atoms with Crippen molar-refractivity contribution in [3.05, 3.63) is 67.4 Å². The van der Waals surface area contributed by atoms with Gasteiger partial charge in [0.25, 0.3) is 0 Å². The Morgan fingerprint density at radius 2 is 1.70 bits per heavy atom. The second-order valence-corrected chi connectivity index (χ2v) is 6.24. The summed E-state index contributed by atoms with van der Waals surface area (Å²) in [6.07, 6.45) is 0.410. The first-order chi connectivity index (χ1) is 10.9. The van der Waals surface area contributed by atoms with Gasteiger partial charge in [-0.05, 0) is 23.3 Å². The van der Waals surface area contributed by atoms with E-state index in [0.717, 1.165) is 11.3 Å². The summed E-state index contributed by atoms with van der Waals surface area (Å²) in [5.74, 6) is 0. The maximum atomic E-state index is 9.38. The Morgan fingerprint density at radius 1 is 1.09 bits per heavy atom. The maximum absolute atomic E-state index is 9.38. The third-order valence-corrected chi connectivity index (χ3v) is 4.70. The van der Waals surface area contributed by atoms with E-state index in [1.807, 2.05) is 49.3 Å². The lowest BCUT2D eigenvalue weighted by Crippen LogP contribution is -2.08. The van der Waals surface area contributed by atoms with Crippen LogP contribution in [0.4, 0.5) is 11.4 Å². The fraction of sp³-hybridized carbons (Fsp3) is 0.176. The predicted octanol–water partition coefficient (Wildman–Crippen LogP) is 5.73. The highest BCUT2D eigenvalue weighted by molar-refractivity contribution is 6.47. The first kappa shape index (κ1) is 17.4. The summed E-state index contributed by atoms with van der Waals surface area (Å²) in [4.78, 5) is 5.26. The minimum Gasteiger partial charge on any atom is -0.378 e. The average molecular weight is 365 g/mol. The van der Waals surface area contributed by atoms with E-state index in [9.17, 15) is 5.26 Å². The molecule has 0 saturated heterocycles. The molecule has 0 saturated carbocycles. The lowest BCUT2D eigenvalue weighted by Gasteiger charge is -2.15. The minimum absolute atomic E-state index is 0.0154. The predicted molar refractivity (Wildman–Crippen MR) is 96.0 cm³/mol. The second-order valence-electron chi connectivity index (χ2n) is 5.11. The topological polar surface area (TPSA) is 31.4 Å². The molecule has 0 aliphatic carbocycles. The molecular formula is C17H12Cl3N3. The van der Waals surface area contributed by atoms with Crippen molar-refractivity contribution in [3.63, 3.8) is 0 Å². The summed E-state index contributed by atoms with van der Waals surface area (Å²) >= 11 is 18.5. The molecule has 0 unspecified atom stereocenters. The summed E-state index contributed by atoms with van der Waals surface area (Å²) < 4.78 is 0. The first-order valence-electron chi connectivity index (χ1n) is 6.63. The molecule has 0 bridgehead atoms. The Balaban J connectivity index is 2.52. The van der Waals surface area contributed by atoms with Crippen LogP contribution in [0.5, 0.6) is 0 Å². The average Bonchev–Trinajstić information content (AvgIpc) is 2.54. The van der Waals surface area contributed by atoms with Crippen molar-refractivity contribution >= 4 is 46.2 Å². The highest BCUT2D eigenvalue weighted by Crippen LogP contribution is 2.44. The third kappa shape index (κ3) is 3.38. The van der Waals surface area contributed by atoms with Gasteiger partial charge in [0, 0.05) is 26.2 Å². The Bertz CT molecular complexity index is 828. The molecule has 0 aromatic heterocycles. The van der Waals surface area contributed by atoms with E-state index in [-0.39, 0.29) is 26.3 Å². The number of halogens is 3. The van der Waals surface area contributed by atoms with E-state index in [0.29, 0.717) is 12.0 Å². The normalized spacial score (nSPS) is 10.0. The zero-order chi connectivity index (χ0) is 17.1. The van der Waals surface area contributed by atoms with Gasteiger partial charge in [-0.3, -0.25) is 0 Å². The minimum atomic E-state index is 0.0154. The van der Waals surface area contributed by atoms with Crippen molar-refractivity contribution in [2.75, 3.05) is 19.0 Å². The summed E-state index contributed by atoms with van der Waals surface area (Å²) in [7, 11) is 3.92. The van der Waals surface area contributed by atoms with Crippen molar-refractivity contribution in [1.29, 1.82) is 5.26 Å². The van der Waals surface area contributed by atoms with Crippen LogP contribution < -0.4 is 4.90 Å². The monoisotopic (exact) mass is 363 g/mol. The van der Waals surface area contributed by atoms with E-state index >= 15 is 0 Å². The van der Waals surface area contributed by atoms with Crippen LogP contribution in [0.2, 0.25) is 15.1 Å². The van der Waals surface area contributed by atoms with Crippen LogP contribution in [0.3, 0.4) is 0 Å². The quantitative estimate of drug-likeness (QED) is 0.515. The van der Waals surface area contributed by atoms with E-state index in [1.54, 1.807) is 0 Å². The summed E-state index contributed by atoms with van der Waals surface area (Å²) in [6, 6.07) is 9.90. The van der Waals surface area contributed by atoms with Gasteiger partial charge in [0.2, 0.25) is 5.69 Å². The molecule has 0 amide bonds. The van der Waals surface area contributed by atoms with Crippen LogP contribution in [0.1, 0.15) is 16.7 Å². The summed E-state index contributed by atoms with van der Waals surface area (Å²) in [6.45, 7) is 7.13. The van der Waals surface area contributed by atoms with Crippen LogP contribution in [-0.2, 0) is 6.42 Å². The number of anilines is 1. The van der Waals surface area contributed by atoms with Crippen LogP contribution in [0, 0.1) is 17.9 Å². The van der Waals surface area contributed by atoms with Crippen molar-refractivity contribution in [2.24, 2.45) is 0 Å². The summed E-state index contributed by atoms with van der Waals surface area (Å²) in [5, 5.41) is 9.73. The van der Waals surface area contributed by atoms with E-state index in [2.05, 4.69) is 4.85 Å². The molecule has 0 heterocycles. The Labute approximate surface area is 150 Å². The Morgan fingerprint density at radius 3 is 2.17 bits per heavy atom. The molecule has 0 aliphatic rings. The molecule has 0 spiro atoms. The molecule has 2 aromatic carbocycles. The fourth-order valence-electron chi connectivity index (χ4n) is 2.19. The fourth-order valence-corrected chi connectivity index (χ4v) is 3.03. The molecular weight excluding hydrogens is 353 g/mol. The van der Waals surface area contributed by atoms with Gasteiger partial charge in [0.15, 0.2) is 0 Å². The molecule has 0 radical (unpaired) electrons. The highest BCUT2D eigenvalue weighted by atomic mass is 35.5. The number of benzene rings is 2. The molecule has 0 atom stereocenters. The molecule has 0 aliphatic heterocycles. The van der Waals surface area contributed by atoms with Crippen molar-refractivity contribution in [1.82, 2.24) is 0 Å². The third-order valence-electron chi connectivity index (χ3n) is 3.45. The van der Waals surface area contributed by atoms with Crippen LogP contribution in [-0.4, -0.2) is 14.1 Å². The van der Waals surface area contributed by atoms with Crippen LogP contribution in [0.25, 0.3) is 4.85 Å².